The van der Waals surface area contributed by atoms with E-state index >= 15 is 0 Å². The van der Waals surface area contributed by atoms with Crippen molar-refractivity contribution in [2.75, 3.05) is 26.2 Å². The maximum atomic E-state index is 10.3. The van der Waals surface area contributed by atoms with Crippen molar-refractivity contribution in [1.29, 1.82) is 0 Å². The van der Waals surface area contributed by atoms with Gasteiger partial charge in [0.25, 0.3) is 0 Å². The maximum Gasteiger partial charge on any atom is 0.0802 e. The predicted octanol–water partition coefficient (Wildman–Crippen LogP) is 2.53. The molecule has 0 spiro atoms. The summed E-state index contributed by atoms with van der Waals surface area (Å²) >= 11 is 0. The average Bonchev–Trinajstić information content (AvgIpc) is 2.60. The Balaban J connectivity index is 1.84. The number of benzene rings is 1. The second-order valence-corrected chi connectivity index (χ2v) is 5.55. The summed E-state index contributed by atoms with van der Waals surface area (Å²) in [6, 6.07) is 8.14. The van der Waals surface area contributed by atoms with Gasteiger partial charge in [0.15, 0.2) is 0 Å². The topological polar surface area (TPSA) is 32.7 Å². The van der Waals surface area contributed by atoms with E-state index in [1.807, 2.05) is 12.1 Å². The molecule has 1 aliphatic rings. The van der Waals surface area contributed by atoms with Crippen LogP contribution in [-0.4, -0.2) is 42.4 Å². The fraction of sp³-hybridized carbons (Fsp3) is 0.625. The number of hydrogen-bond donors (Lipinski definition) is 1. The third-order valence-electron chi connectivity index (χ3n) is 3.68. The van der Waals surface area contributed by atoms with Crippen molar-refractivity contribution in [2.24, 2.45) is 0 Å². The van der Waals surface area contributed by atoms with E-state index in [4.69, 9.17) is 4.74 Å². The molecular formula is C16H25NO2. The maximum absolute atomic E-state index is 10.3. The van der Waals surface area contributed by atoms with Crippen molar-refractivity contribution in [1.82, 2.24) is 4.90 Å². The molecule has 3 nitrogen and oxygen atoms in total. The minimum atomic E-state index is -0.362. The molecule has 1 saturated heterocycles. The SMILES string of the molecule is Cc1cccc(C(O)CCN2CCCOC(C)C2)c1. The molecule has 0 bridgehead atoms. The first-order valence-electron chi connectivity index (χ1n) is 7.24. The molecule has 0 radical (unpaired) electrons. The second-order valence-electron chi connectivity index (χ2n) is 5.55. The second kappa shape index (κ2) is 7.04. The molecule has 0 amide bonds. The zero-order chi connectivity index (χ0) is 13.7. The molecule has 1 heterocycles. The van der Waals surface area contributed by atoms with Crippen LogP contribution in [0, 0.1) is 6.92 Å². The monoisotopic (exact) mass is 263 g/mol. The van der Waals surface area contributed by atoms with Gasteiger partial charge in [-0.25, -0.2) is 0 Å². The number of aryl methyl sites for hydroxylation is 1. The summed E-state index contributed by atoms with van der Waals surface area (Å²) in [6.45, 7) is 8.02. The highest BCUT2D eigenvalue weighted by Gasteiger charge is 2.16. The minimum Gasteiger partial charge on any atom is -0.388 e. The molecular weight excluding hydrogens is 238 g/mol. The van der Waals surface area contributed by atoms with Crippen LogP contribution in [0.3, 0.4) is 0 Å². The van der Waals surface area contributed by atoms with E-state index in [0.717, 1.165) is 44.6 Å². The van der Waals surface area contributed by atoms with E-state index in [2.05, 4.69) is 30.9 Å². The van der Waals surface area contributed by atoms with E-state index in [-0.39, 0.29) is 6.10 Å². The number of aliphatic hydroxyl groups excluding tert-OH is 1. The van der Waals surface area contributed by atoms with Gasteiger partial charge < -0.3 is 14.7 Å². The van der Waals surface area contributed by atoms with E-state index in [1.165, 1.54) is 5.56 Å². The number of hydrogen-bond acceptors (Lipinski definition) is 3. The summed E-state index contributed by atoms with van der Waals surface area (Å²) < 4.78 is 5.64. The first kappa shape index (κ1) is 14.5. The first-order chi connectivity index (χ1) is 9.15. The zero-order valence-corrected chi connectivity index (χ0v) is 12.0. The van der Waals surface area contributed by atoms with Gasteiger partial charge in [-0.15, -0.1) is 0 Å². The van der Waals surface area contributed by atoms with Crippen molar-refractivity contribution in [3.63, 3.8) is 0 Å². The van der Waals surface area contributed by atoms with Crippen LogP contribution >= 0.6 is 0 Å². The fourth-order valence-corrected chi connectivity index (χ4v) is 2.63. The Hall–Kier alpha value is -0.900. The van der Waals surface area contributed by atoms with Gasteiger partial charge >= 0.3 is 0 Å². The molecule has 2 rings (SSSR count). The van der Waals surface area contributed by atoms with Crippen LogP contribution in [0.4, 0.5) is 0 Å². The Morgan fingerprint density at radius 2 is 2.32 bits per heavy atom. The molecule has 1 aromatic rings. The van der Waals surface area contributed by atoms with E-state index < -0.39 is 0 Å². The van der Waals surface area contributed by atoms with Gasteiger partial charge in [0, 0.05) is 26.2 Å². The van der Waals surface area contributed by atoms with Gasteiger partial charge in [-0.05, 0) is 32.3 Å². The van der Waals surface area contributed by atoms with Gasteiger partial charge in [-0.2, -0.15) is 0 Å². The standard InChI is InChI=1S/C16H25NO2/c1-13-5-3-6-15(11-13)16(18)7-9-17-8-4-10-19-14(2)12-17/h3,5-6,11,14,16,18H,4,7-10,12H2,1-2H3. The Bertz CT molecular complexity index is 394. The highest BCUT2D eigenvalue weighted by molar-refractivity contribution is 5.23. The van der Waals surface area contributed by atoms with E-state index in [1.54, 1.807) is 0 Å². The quantitative estimate of drug-likeness (QED) is 0.906. The summed E-state index contributed by atoms with van der Waals surface area (Å²) in [7, 11) is 0. The number of aliphatic hydroxyl groups is 1. The molecule has 1 N–H and O–H groups in total. The summed E-state index contributed by atoms with van der Waals surface area (Å²) in [4.78, 5) is 2.40. The highest BCUT2D eigenvalue weighted by Crippen LogP contribution is 2.18. The molecule has 1 aliphatic heterocycles. The third-order valence-corrected chi connectivity index (χ3v) is 3.68. The summed E-state index contributed by atoms with van der Waals surface area (Å²) in [6.07, 6.45) is 1.82. The number of nitrogens with zero attached hydrogens (tertiary/aromatic N) is 1. The van der Waals surface area contributed by atoms with Crippen molar-refractivity contribution < 1.29 is 9.84 Å². The number of rotatable bonds is 4. The van der Waals surface area contributed by atoms with Gasteiger partial charge in [-0.3, -0.25) is 0 Å². The first-order valence-corrected chi connectivity index (χ1v) is 7.24. The molecule has 1 aromatic carbocycles. The Morgan fingerprint density at radius 3 is 3.11 bits per heavy atom. The van der Waals surface area contributed by atoms with Crippen LogP contribution in [0.15, 0.2) is 24.3 Å². The van der Waals surface area contributed by atoms with Crippen LogP contribution in [0.5, 0.6) is 0 Å². The Kier molecular flexibility index (Phi) is 5.37. The van der Waals surface area contributed by atoms with Crippen LogP contribution in [0.1, 0.15) is 37.0 Å². The van der Waals surface area contributed by atoms with Crippen LogP contribution < -0.4 is 0 Å². The van der Waals surface area contributed by atoms with Crippen molar-refractivity contribution in [2.45, 2.75) is 38.9 Å². The lowest BCUT2D eigenvalue weighted by atomic mass is 10.0. The zero-order valence-electron chi connectivity index (χ0n) is 12.0. The van der Waals surface area contributed by atoms with Crippen molar-refractivity contribution in [3.8, 4) is 0 Å². The van der Waals surface area contributed by atoms with Gasteiger partial charge in [0.2, 0.25) is 0 Å². The molecule has 3 heteroatoms. The fourth-order valence-electron chi connectivity index (χ4n) is 2.63. The molecule has 2 unspecified atom stereocenters. The summed E-state index contributed by atoms with van der Waals surface area (Å²) in [5.74, 6) is 0. The number of ether oxygens (including phenoxy) is 1. The molecule has 0 saturated carbocycles. The largest absolute Gasteiger partial charge is 0.388 e. The lowest BCUT2D eigenvalue weighted by Gasteiger charge is -2.23. The molecule has 106 valence electrons. The van der Waals surface area contributed by atoms with Gasteiger partial charge in [-0.1, -0.05) is 29.8 Å². The summed E-state index contributed by atoms with van der Waals surface area (Å²) in [5, 5.41) is 10.3. The average molecular weight is 263 g/mol. The van der Waals surface area contributed by atoms with Crippen molar-refractivity contribution >= 4 is 0 Å². The Morgan fingerprint density at radius 1 is 1.47 bits per heavy atom. The van der Waals surface area contributed by atoms with Gasteiger partial charge in [0.05, 0.1) is 12.2 Å². The normalized spacial score (nSPS) is 23.0. The molecule has 1 fully saturated rings. The van der Waals surface area contributed by atoms with Crippen LogP contribution in [0.2, 0.25) is 0 Å². The van der Waals surface area contributed by atoms with Crippen molar-refractivity contribution in [3.05, 3.63) is 35.4 Å². The molecule has 19 heavy (non-hydrogen) atoms. The van der Waals surface area contributed by atoms with Crippen LogP contribution in [0.25, 0.3) is 0 Å². The predicted molar refractivity (Wildman–Crippen MR) is 77.2 cm³/mol. The Labute approximate surface area is 116 Å². The summed E-state index contributed by atoms with van der Waals surface area (Å²) in [5.41, 5.74) is 2.23. The lowest BCUT2D eigenvalue weighted by molar-refractivity contribution is 0.0644. The highest BCUT2D eigenvalue weighted by atomic mass is 16.5. The smallest absolute Gasteiger partial charge is 0.0802 e. The molecule has 0 aliphatic carbocycles. The van der Waals surface area contributed by atoms with E-state index in [0.29, 0.717) is 6.10 Å². The third kappa shape index (κ3) is 4.60. The van der Waals surface area contributed by atoms with Crippen LogP contribution in [-0.2, 0) is 4.74 Å². The lowest BCUT2D eigenvalue weighted by Crippen LogP contribution is -2.31. The molecule has 0 aromatic heterocycles. The van der Waals surface area contributed by atoms with E-state index in [9.17, 15) is 5.11 Å². The molecule has 2 atom stereocenters. The van der Waals surface area contributed by atoms with Gasteiger partial charge in [0.1, 0.15) is 0 Å². The minimum absolute atomic E-state index is 0.304.